The van der Waals surface area contributed by atoms with Crippen LogP contribution in [0.3, 0.4) is 0 Å². The first-order valence-electron chi connectivity index (χ1n) is 19.1. The van der Waals surface area contributed by atoms with Crippen LogP contribution < -0.4 is 0 Å². The van der Waals surface area contributed by atoms with E-state index in [2.05, 4.69) is 114 Å². The lowest BCUT2D eigenvalue weighted by molar-refractivity contribution is 0.668. The first kappa shape index (κ1) is 30.5. The van der Waals surface area contributed by atoms with Crippen molar-refractivity contribution in [1.29, 1.82) is 0 Å². The summed E-state index contributed by atoms with van der Waals surface area (Å²) >= 11 is 0. The van der Waals surface area contributed by atoms with E-state index in [9.17, 15) is 0 Å². The molecule has 8 aromatic carbocycles. The standard InChI is InChI=1S/C51H28N4O2/c1-2-11-33-32(10-1)37-15-9-16-38-34-12-3-6-17-42(34)55(48(37)38)43-23-20-29(26-39(33)43)49-52-50(30-21-24-46-40(27-30)35-13-4-7-18-44(35)56-46)54-51(53-49)31-22-25-47-41(28-31)36-14-5-8-19-45(36)57-47/h1-28H. The number of para-hydroxylation sites is 4. The van der Waals surface area contributed by atoms with E-state index in [1.54, 1.807) is 0 Å². The van der Waals surface area contributed by atoms with Gasteiger partial charge < -0.3 is 13.4 Å². The highest BCUT2D eigenvalue weighted by molar-refractivity contribution is 6.16. The number of hydrogen-bond donors (Lipinski definition) is 0. The van der Waals surface area contributed by atoms with Gasteiger partial charge in [0, 0.05) is 60.1 Å². The van der Waals surface area contributed by atoms with E-state index in [0.717, 1.165) is 71.8 Å². The predicted octanol–water partition coefficient (Wildman–Crippen LogP) is 13.4. The highest BCUT2D eigenvalue weighted by Gasteiger charge is 2.25. The molecule has 12 aromatic rings. The second kappa shape index (κ2) is 11.4. The summed E-state index contributed by atoms with van der Waals surface area (Å²) in [4.78, 5) is 15.7. The van der Waals surface area contributed by atoms with Crippen molar-refractivity contribution in [2.75, 3.05) is 0 Å². The van der Waals surface area contributed by atoms with E-state index in [1.807, 2.05) is 60.7 Å². The van der Waals surface area contributed by atoms with Gasteiger partial charge in [-0.25, -0.2) is 15.0 Å². The Bertz CT molecular complexity index is 3530. The van der Waals surface area contributed by atoms with Gasteiger partial charge in [0.15, 0.2) is 17.5 Å². The van der Waals surface area contributed by atoms with Crippen molar-refractivity contribution in [2.45, 2.75) is 0 Å². The quantitative estimate of drug-likeness (QED) is 0.181. The summed E-state index contributed by atoms with van der Waals surface area (Å²) in [5.41, 5.74) is 14.2. The first-order valence-corrected chi connectivity index (χ1v) is 19.1. The Hall–Kier alpha value is -7.83. The zero-order valence-corrected chi connectivity index (χ0v) is 30.3. The SMILES string of the molecule is c1ccc2c(c1)-c1cc(-c3nc(-c4ccc5oc6ccccc6c5c4)nc(-c4ccc5oc6ccccc6c5c4)n3)ccc1-n1c3ccccc3c3cccc-2c31. The Kier molecular flexibility index (Phi) is 6.07. The van der Waals surface area contributed by atoms with Gasteiger partial charge in [0.2, 0.25) is 0 Å². The summed E-state index contributed by atoms with van der Waals surface area (Å²) < 4.78 is 14.8. The Morgan fingerprint density at radius 3 is 1.46 bits per heavy atom. The topological polar surface area (TPSA) is 69.9 Å². The van der Waals surface area contributed by atoms with Crippen LogP contribution in [0.5, 0.6) is 0 Å². The molecule has 1 aliphatic rings. The fraction of sp³-hybridized carbons (Fsp3) is 0. The molecule has 264 valence electrons. The lowest BCUT2D eigenvalue weighted by atomic mass is 9.93. The Morgan fingerprint density at radius 2 is 0.807 bits per heavy atom. The van der Waals surface area contributed by atoms with Crippen LogP contribution in [0, 0.1) is 0 Å². The molecule has 0 aliphatic carbocycles. The number of hydrogen-bond acceptors (Lipinski definition) is 5. The molecule has 0 radical (unpaired) electrons. The minimum Gasteiger partial charge on any atom is -0.456 e. The lowest BCUT2D eigenvalue weighted by Crippen LogP contribution is -2.01. The van der Waals surface area contributed by atoms with Crippen LogP contribution in [0.2, 0.25) is 0 Å². The van der Waals surface area contributed by atoms with Crippen LogP contribution in [0.15, 0.2) is 179 Å². The van der Waals surface area contributed by atoms with Crippen molar-refractivity contribution < 1.29 is 8.83 Å². The normalized spacial score (nSPS) is 12.2. The third-order valence-electron chi connectivity index (χ3n) is 11.6. The molecule has 57 heavy (non-hydrogen) atoms. The molecule has 1 aliphatic heterocycles. The average Bonchev–Trinajstić information content (AvgIpc) is 3.92. The van der Waals surface area contributed by atoms with Gasteiger partial charge in [-0.15, -0.1) is 0 Å². The van der Waals surface area contributed by atoms with Gasteiger partial charge in [0.05, 0.1) is 16.7 Å². The van der Waals surface area contributed by atoms with Crippen molar-refractivity contribution in [1.82, 2.24) is 19.5 Å². The Balaban J connectivity index is 1.06. The van der Waals surface area contributed by atoms with Crippen LogP contribution in [0.25, 0.3) is 128 Å². The van der Waals surface area contributed by atoms with E-state index in [0.29, 0.717) is 17.5 Å². The molecule has 13 rings (SSSR count). The molecule has 0 spiro atoms. The molecule has 0 unspecified atom stereocenters. The molecule has 6 heteroatoms. The van der Waals surface area contributed by atoms with Gasteiger partial charge in [-0.3, -0.25) is 0 Å². The van der Waals surface area contributed by atoms with Crippen molar-refractivity contribution in [3.05, 3.63) is 170 Å². The highest BCUT2D eigenvalue weighted by Crippen LogP contribution is 2.47. The second-order valence-electron chi connectivity index (χ2n) is 14.8. The number of rotatable bonds is 3. The van der Waals surface area contributed by atoms with E-state index in [4.69, 9.17) is 23.8 Å². The lowest BCUT2D eigenvalue weighted by Gasteiger charge is -2.15. The monoisotopic (exact) mass is 728 g/mol. The fourth-order valence-electron chi connectivity index (χ4n) is 9.02. The Morgan fingerprint density at radius 1 is 0.333 bits per heavy atom. The van der Waals surface area contributed by atoms with Crippen LogP contribution in [-0.2, 0) is 0 Å². The largest absolute Gasteiger partial charge is 0.456 e. The van der Waals surface area contributed by atoms with Crippen molar-refractivity contribution in [3.8, 4) is 62.1 Å². The van der Waals surface area contributed by atoms with E-state index >= 15 is 0 Å². The van der Waals surface area contributed by atoms with Crippen molar-refractivity contribution in [2.24, 2.45) is 0 Å². The van der Waals surface area contributed by atoms with E-state index < -0.39 is 0 Å². The summed E-state index contributed by atoms with van der Waals surface area (Å²) in [5.74, 6) is 1.76. The summed E-state index contributed by atoms with van der Waals surface area (Å²) in [5, 5.41) is 6.62. The number of nitrogens with zero attached hydrogens (tertiary/aromatic N) is 4. The molecule has 4 aromatic heterocycles. The maximum absolute atomic E-state index is 6.19. The molecular weight excluding hydrogens is 701 g/mol. The second-order valence-corrected chi connectivity index (χ2v) is 14.8. The van der Waals surface area contributed by atoms with Crippen LogP contribution >= 0.6 is 0 Å². The average molecular weight is 729 g/mol. The predicted molar refractivity (Wildman–Crippen MR) is 229 cm³/mol. The number of fused-ring (bicyclic) bond motifs is 14. The zero-order chi connectivity index (χ0) is 37.2. The molecule has 6 nitrogen and oxygen atoms in total. The molecule has 0 amide bonds. The molecule has 0 N–H and O–H groups in total. The van der Waals surface area contributed by atoms with Crippen LogP contribution in [0.4, 0.5) is 0 Å². The summed E-state index contributed by atoms with van der Waals surface area (Å²) in [6.07, 6.45) is 0. The van der Waals surface area contributed by atoms with Gasteiger partial charge in [0.1, 0.15) is 22.3 Å². The van der Waals surface area contributed by atoms with Gasteiger partial charge in [-0.05, 0) is 83.9 Å². The minimum absolute atomic E-state index is 0.584. The zero-order valence-electron chi connectivity index (χ0n) is 30.3. The highest BCUT2D eigenvalue weighted by atomic mass is 16.3. The molecule has 5 heterocycles. The van der Waals surface area contributed by atoms with Gasteiger partial charge in [-0.2, -0.15) is 0 Å². The molecule has 0 saturated carbocycles. The molecule has 0 fully saturated rings. The maximum Gasteiger partial charge on any atom is 0.164 e. The van der Waals surface area contributed by atoms with Gasteiger partial charge in [-0.1, -0.05) is 97.1 Å². The minimum atomic E-state index is 0.584. The summed E-state index contributed by atoms with van der Waals surface area (Å²) in [6, 6.07) is 59.3. The number of furan rings is 2. The van der Waals surface area contributed by atoms with Gasteiger partial charge in [0.25, 0.3) is 0 Å². The van der Waals surface area contributed by atoms with Crippen LogP contribution in [0.1, 0.15) is 0 Å². The first-order chi connectivity index (χ1) is 28.2. The molecule has 0 saturated heterocycles. The van der Waals surface area contributed by atoms with E-state index in [-0.39, 0.29) is 0 Å². The molecule has 0 atom stereocenters. The third-order valence-corrected chi connectivity index (χ3v) is 11.6. The maximum atomic E-state index is 6.19. The van der Waals surface area contributed by atoms with Gasteiger partial charge >= 0.3 is 0 Å². The molecular formula is C51H28N4O2. The number of aromatic nitrogens is 4. The van der Waals surface area contributed by atoms with Crippen molar-refractivity contribution >= 4 is 65.7 Å². The fourth-order valence-corrected chi connectivity index (χ4v) is 9.02. The van der Waals surface area contributed by atoms with Crippen LogP contribution in [-0.4, -0.2) is 19.5 Å². The van der Waals surface area contributed by atoms with E-state index in [1.165, 1.54) is 38.5 Å². The third kappa shape index (κ3) is 4.38. The summed E-state index contributed by atoms with van der Waals surface area (Å²) in [7, 11) is 0. The summed E-state index contributed by atoms with van der Waals surface area (Å²) in [6.45, 7) is 0. The number of benzene rings is 8. The molecule has 0 bridgehead atoms. The smallest absolute Gasteiger partial charge is 0.164 e. The Labute approximate surface area is 324 Å². The van der Waals surface area contributed by atoms with Crippen molar-refractivity contribution in [3.63, 3.8) is 0 Å².